The van der Waals surface area contributed by atoms with Crippen molar-refractivity contribution >= 4 is 11.3 Å². The maximum atomic E-state index is 3.61. The van der Waals surface area contributed by atoms with E-state index in [1.165, 1.54) is 17.7 Å². The molecule has 84 valence electrons. The van der Waals surface area contributed by atoms with Gasteiger partial charge in [0.15, 0.2) is 0 Å². The second-order valence-corrected chi connectivity index (χ2v) is 5.31. The lowest BCUT2D eigenvalue weighted by atomic mass is 9.98. The Kier molecular flexibility index (Phi) is 2.80. The SMILES string of the molecule is c1csc(C2CC(n3cccc3)CCN2)c1. The van der Waals surface area contributed by atoms with Crippen molar-refractivity contribution in [2.45, 2.75) is 24.9 Å². The van der Waals surface area contributed by atoms with Gasteiger partial charge in [-0.1, -0.05) is 6.07 Å². The molecule has 2 atom stereocenters. The fraction of sp³-hybridized carbons (Fsp3) is 0.385. The van der Waals surface area contributed by atoms with E-state index in [-0.39, 0.29) is 0 Å². The van der Waals surface area contributed by atoms with Gasteiger partial charge in [-0.15, -0.1) is 11.3 Å². The van der Waals surface area contributed by atoms with Crippen LogP contribution in [0.1, 0.15) is 29.8 Å². The van der Waals surface area contributed by atoms with Crippen LogP contribution in [0.3, 0.4) is 0 Å². The van der Waals surface area contributed by atoms with Gasteiger partial charge in [-0.2, -0.15) is 0 Å². The van der Waals surface area contributed by atoms with Crippen LogP contribution >= 0.6 is 11.3 Å². The summed E-state index contributed by atoms with van der Waals surface area (Å²) >= 11 is 1.86. The highest BCUT2D eigenvalue weighted by Gasteiger charge is 2.23. The maximum absolute atomic E-state index is 3.61. The fourth-order valence-corrected chi connectivity index (χ4v) is 3.28. The number of nitrogens with zero attached hydrogens (tertiary/aromatic N) is 1. The molecular weight excluding hydrogens is 216 g/mol. The average Bonchev–Trinajstić information content (AvgIpc) is 3.03. The molecule has 1 N–H and O–H groups in total. The van der Waals surface area contributed by atoms with Crippen LogP contribution in [0.2, 0.25) is 0 Å². The second kappa shape index (κ2) is 4.44. The Morgan fingerprint density at radius 2 is 2.12 bits per heavy atom. The van der Waals surface area contributed by atoms with Gasteiger partial charge < -0.3 is 9.88 Å². The molecule has 0 amide bonds. The smallest absolute Gasteiger partial charge is 0.0434 e. The molecule has 0 aliphatic carbocycles. The number of hydrogen-bond acceptors (Lipinski definition) is 2. The molecule has 1 aliphatic heterocycles. The zero-order chi connectivity index (χ0) is 10.8. The molecule has 1 fully saturated rings. The average molecular weight is 232 g/mol. The molecule has 3 heterocycles. The van der Waals surface area contributed by atoms with E-state index in [2.05, 4.69) is 51.9 Å². The Bertz CT molecular complexity index is 378. The first-order chi connectivity index (χ1) is 7.93. The third-order valence-electron chi connectivity index (χ3n) is 3.31. The summed E-state index contributed by atoms with van der Waals surface area (Å²) in [6, 6.07) is 9.80. The molecule has 1 saturated heterocycles. The van der Waals surface area contributed by atoms with E-state index in [1.54, 1.807) is 0 Å². The monoisotopic (exact) mass is 232 g/mol. The van der Waals surface area contributed by atoms with Gasteiger partial charge in [0.1, 0.15) is 0 Å². The molecule has 3 heteroatoms. The van der Waals surface area contributed by atoms with Crippen molar-refractivity contribution < 1.29 is 0 Å². The van der Waals surface area contributed by atoms with E-state index in [0.717, 1.165) is 6.54 Å². The number of thiophene rings is 1. The summed E-state index contributed by atoms with van der Waals surface area (Å²) in [4.78, 5) is 1.47. The van der Waals surface area contributed by atoms with E-state index >= 15 is 0 Å². The lowest BCUT2D eigenvalue weighted by Crippen LogP contribution is -2.32. The molecule has 1 aliphatic rings. The lowest BCUT2D eigenvalue weighted by molar-refractivity contribution is 0.307. The van der Waals surface area contributed by atoms with E-state index in [1.807, 2.05) is 11.3 Å². The van der Waals surface area contributed by atoms with E-state index in [9.17, 15) is 0 Å². The highest BCUT2D eigenvalue weighted by Crippen LogP contribution is 2.32. The van der Waals surface area contributed by atoms with Gasteiger partial charge in [0.25, 0.3) is 0 Å². The molecule has 0 aromatic carbocycles. The van der Waals surface area contributed by atoms with Crippen molar-refractivity contribution in [1.82, 2.24) is 9.88 Å². The van der Waals surface area contributed by atoms with Crippen LogP contribution in [0.15, 0.2) is 42.0 Å². The van der Waals surface area contributed by atoms with Crippen LogP contribution in [0, 0.1) is 0 Å². The van der Waals surface area contributed by atoms with Crippen molar-refractivity contribution in [1.29, 1.82) is 0 Å². The summed E-state index contributed by atoms with van der Waals surface area (Å²) in [5.74, 6) is 0. The predicted molar refractivity (Wildman–Crippen MR) is 67.8 cm³/mol. The Balaban J connectivity index is 1.75. The van der Waals surface area contributed by atoms with E-state index < -0.39 is 0 Å². The number of rotatable bonds is 2. The van der Waals surface area contributed by atoms with Gasteiger partial charge in [0, 0.05) is 29.4 Å². The number of nitrogens with one attached hydrogen (secondary N) is 1. The van der Waals surface area contributed by atoms with Gasteiger partial charge >= 0.3 is 0 Å². The van der Waals surface area contributed by atoms with Gasteiger partial charge in [-0.05, 0) is 43.0 Å². The first-order valence-corrected chi connectivity index (χ1v) is 6.71. The number of piperidine rings is 1. The predicted octanol–water partition coefficient (Wildman–Crippen LogP) is 3.22. The molecule has 0 spiro atoms. The molecular formula is C13H16N2S. The quantitative estimate of drug-likeness (QED) is 0.841. The molecule has 3 rings (SSSR count). The van der Waals surface area contributed by atoms with Crippen LogP contribution < -0.4 is 5.32 Å². The zero-order valence-corrected chi connectivity index (χ0v) is 9.99. The third-order valence-corrected chi connectivity index (χ3v) is 4.30. The van der Waals surface area contributed by atoms with Crippen LogP contribution in [-0.2, 0) is 0 Å². The van der Waals surface area contributed by atoms with Crippen LogP contribution in [0.25, 0.3) is 0 Å². The molecule has 0 radical (unpaired) electrons. The Morgan fingerprint density at radius 3 is 2.88 bits per heavy atom. The standard InChI is InChI=1S/C13H16N2S/c1-2-8-15(7-1)11-5-6-14-12(10-11)13-4-3-9-16-13/h1-4,7-9,11-12,14H,5-6,10H2. The van der Waals surface area contributed by atoms with Crippen molar-refractivity contribution in [3.8, 4) is 0 Å². The minimum Gasteiger partial charge on any atom is -0.351 e. The molecule has 0 bridgehead atoms. The highest BCUT2D eigenvalue weighted by molar-refractivity contribution is 7.10. The highest BCUT2D eigenvalue weighted by atomic mass is 32.1. The molecule has 0 saturated carbocycles. The molecule has 16 heavy (non-hydrogen) atoms. The van der Waals surface area contributed by atoms with Crippen LogP contribution in [0.4, 0.5) is 0 Å². The summed E-state index contributed by atoms with van der Waals surface area (Å²) < 4.78 is 2.35. The van der Waals surface area contributed by atoms with Crippen molar-refractivity contribution in [3.05, 3.63) is 46.9 Å². The van der Waals surface area contributed by atoms with Crippen molar-refractivity contribution in [3.63, 3.8) is 0 Å². The topological polar surface area (TPSA) is 17.0 Å². The number of aromatic nitrogens is 1. The minimum absolute atomic E-state index is 0.543. The summed E-state index contributed by atoms with van der Waals surface area (Å²) in [6.45, 7) is 1.12. The Labute approximate surface area is 99.9 Å². The first kappa shape index (κ1) is 10.1. The Morgan fingerprint density at radius 1 is 1.25 bits per heavy atom. The van der Waals surface area contributed by atoms with Gasteiger partial charge in [0.2, 0.25) is 0 Å². The lowest BCUT2D eigenvalue weighted by Gasteiger charge is -2.30. The van der Waals surface area contributed by atoms with Gasteiger partial charge in [-0.3, -0.25) is 0 Å². The van der Waals surface area contributed by atoms with Gasteiger partial charge in [-0.25, -0.2) is 0 Å². The maximum Gasteiger partial charge on any atom is 0.0434 e. The molecule has 2 aromatic rings. The summed E-state index contributed by atoms with van der Waals surface area (Å²) in [6.07, 6.45) is 6.80. The summed E-state index contributed by atoms with van der Waals surface area (Å²) in [5, 5.41) is 5.77. The van der Waals surface area contributed by atoms with E-state index in [0.29, 0.717) is 12.1 Å². The Hall–Kier alpha value is -1.06. The fourth-order valence-electron chi connectivity index (χ4n) is 2.47. The van der Waals surface area contributed by atoms with Gasteiger partial charge in [0.05, 0.1) is 0 Å². The molecule has 2 aromatic heterocycles. The normalized spacial score (nSPS) is 25.8. The molecule has 2 unspecified atom stereocenters. The summed E-state index contributed by atoms with van der Waals surface area (Å²) in [7, 11) is 0. The molecule has 2 nitrogen and oxygen atoms in total. The minimum atomic E-state index is 0.543. The zero-order valence-electron chi connectivity index (χ0n) is 9.17. The largest absolute Gasteiger partial charge is 0.351 e. The van der Waals surface area contributed by atoms with Crippen molar-refractivity contribution in [2.24, 2.45) is 0 Å². The second-order valence-electron chi connectivity index (χ2n) is 4.33. The van der Waals surface area contributed by atoms with Crippen molar-refractivity contribution in [2.75, 3.05) is 6.54 Å². The van der Waals surface area contributed by atoms with E-state index in [4.69, 9.17) is 0 Å². The number of hydrogen-bond donors (Lipinski definition) is 1. The summed E-state index contributed by atoms with van der Waals surface area (Å²) in [5.41, 5.74) is 0. The van der Waals surface area contributed by atoms with Crippen LogP contribution in [-0.4, -0.2) is 11.1 Å². The first-order valence-electron chi connectivity index (χ1n) is 5.83. The van der Waals surface area contributed by atoms with Crippen LogP contribution in [0.5, 0.6) is 0 Å². The third kappa shape index (κ3) is 1.93.